The van der Waals surface area contributed by atoms with E-state index in [0.717, 1.165) is 16.5 Å². The maximum absolute atomic E-state index is 14.0. The number of aromatic nitrogens is 2. The first-order chi connectivity index (χ1) is 34.0. The number of pyridine rings is 2. The highest BCUT2D eigenvalue weighted by atomic mass is 16.7. The van der Waals surface area contributed by atoms with E-state index in [2.05, 4.69) is 16.0 Å². The molecule has 22 nitrogen and oxygen atoms in total. The monoisotopic (exact) mass is 976 g/mol. The van der Waals surface area contributed by atoms with Gasteiger partial charge in [0.2, 0.25) is 23.3 Å². The Balaban J connectivity index is 0.859. The topological polar surface area (TPSA) is 286 Å². The van der Waals surface area contributed by atoms with Gasteiger partial charge in [-0.05, 0) is 60.4 Å². The van der Waals surface area contributed by atoms with Crippen molar-refractivity contribution in [2.45, 2.75) is 52.0 Å². The van der Waals surface area contributed by atoms with Crippen LogP contribution in [0.2, 0.25) is 0 Å². The number of aryl methyl sites for hydroxylation is 1. The van der Waals surface area contributed by atoms with Crippen LogP contribution in [-0.4, -0.2) is 143 Å². The van der Waals surface area contributed by atoms with E-state index in [1.807, 2.05) is 6.92 Å². The lowest BCUT2D eigenvalue weighted by molar-refractivity contribution is -0.175. The van der Waals surface area contributed by atoms with Gasteiger partial charge >= 0.3 is 12.1 Å². The van der Waals surface area contributed by atoms with Crippen LogP contribution < -0.4 is 27.2 Å². The van der Waals surface area contributed by atoms with Crippen molar-refractivity contribution in [1.82, 2.24) is 20.2 Å². The molecule has 2 aromatic heterocycles. The van der Waals surface area contributed by atoms with Crippen LogP contribution in [0, 0.1) is 0 Å². The number of nitrogens with two attached hydrogens (primary N) is 1. The second-order valence-electron chi connectivity index (χ2n) is 15.9. The minimum absolute atomic E-state index is 0.0627. The van der Waals surface area contributed by atoms with E-state index >= 15 is 0 Å². The molecule has 378 valence electrons. The summed E-state index contributed by atoms with van der Waals surface area (Å²) in [7, 11) is 0. The number of anilines is 1. The lowest BCUT2D eigenvalue weighted by atomic mass is 9.85. The molecule has 0 saturated heterocycles. The fourth-order valence-electron chi connectivity index (χ4n) is 7.76. The number of phenols is 1. The Morgan fingerprint density at radius 3 is 2.07 bits per heavy atom. The number of ether oxygens (including phenoxy) is 9. The zero-order valence-corrected chi connectivity index (χ0v) is 39.3. The molecule has 0 spiro atoms. The standard InChI is InChI=1S/C48H60N6O16/c1-3-34-35-23-33(55)9-10-39(35)53-44-36(34)26-54-40(44)24-38-37(45(54)59)28-68-46(60)48(38,4-2)70-47(61)69-27-31-5-7-32(8-6-31)52-41(56)25-51-43(58)30-67-29-42(57)50-12-14-63-16-18-65-20-22-66-21-19-64-17-15-62-13-11-49/h5-10,23-24,55H,3-4,11-22,25-30,49H2,1-2H3,(H,50,57)(H,51,58)(H,52,56). The number of rotatable bonds is 29. The Morgan fingerprint density at radius 2 is 1.43 bits per heavy atom. The molecule has 4 heterocycles. The molecule has 6 N–H and O–H groups in total. The number of hydrogen-bond donors (Lipinski definition) is 5. The molecule has 0 radical (unpaired) electrons. The minimum Gasteiger partial charge on any atom is -0.508 e. The zero-order valence-electron chi connectivity index (χ0n) is 39.3. The molecule has 0 aliphatic carbocycles. The van der Waals surface area contributed by atoms with Crippen LogP contribution in [0.4, 0.5) is 10.5 Å². The molecule has 2 aliphatic heterocycles. The Bertz CT molecular complexity index is 2520. The molecular formula is C48H60N6O16. The van der Waals surface area contributed by atoms with Gasteiger partial charge in [0, 0.05) is 35.3 Å². The first-order valence-corrected chi connectivity index (χ1v) is 23.0. The molecule has 0 fully saturated rings. The van der Waals surface area contributed by atoms with E-state index in [4.69, 9.17) is 53.3 Å². The molecule has 3 amide bonds. The van der Waals surface area contributed by atoms with Gasteiger partial charge in [0.15, 0.2) is 0 Å². The number of carbonyl (C=O) groups excluding carboxylic acids is 5. The van der Waals surface area contributed by atoms with Gasteiger partial charge in [0.1, 0.15) is 32.2 Å². The summed E-state index contributed by atoms with van der Waals surface area (Å²) in [5.74, 6) is -2.33. The Morgan fingerprint density at radius 1 is 0.786 bits per heavy atom. The van der Waals surface area contributed by atoms with Crippen LogP contribution in [0.1, 0.15) is 48.1 Å². The van der Waals surface area contributed by atoms with Crippen LogP contribution >= 0.6 is 0 Å². The average Bonchev–Trinajstić information content (AvgIpc) is 3.72. The third-order valence-corrected chi connectivity index (χ3v) is 11.2. The highest BCUT2D eigenvalue weighted by Gasteiger charge is 2.51. The maximum atomic E-state index is 14.0. The van der Waals surface area contributed by atoms with Crippen molar-refractivity contribution in [1.29, 1.82) is 0 Å². The van der Waals surface area contributed by atoms with Crippen molar-refractivity contribution in [3.63, 3.8) is 0 Å². The van der Waals surface area contributed by atoms with Crippen LogP contribution in [0.25, 0.3) is 22.3 Å². The largest absolute Gasteiger partial charge is 0.510 e. The highest BCUT2D eigenvalue weighted by Crippen LogP contribution is 2.42. The van der Waals surface area contributed by atoms with Gasteiger partial charge in [-0.15, -0.1) is 0 Å². The molecule has 2 aliphatic rings. The first kappa shape index (κ1) is 52.8. The van der Waals surface area contributed by atoms with Crippen molar-refractivity contribution in [3.05, 3.63) is 86.7 Å². The van der Waals surface area contributed by atoms with Crippen molar-refractivity contribution in [2.24, 2.45) is 5.73 Å². The summed E-state index contributed by atoms with van der Waals surface area (Å²) in [6.07, 6.45) is -0.624. The number of aromatic hydroxyl groups is 1. The number of esters is 1. The van der Waals surface area contributed by atoms with Crippen molar-refractivity contribution in [3.8, 4) is 17.1 Å². The summed E-state index contributed by atoms with van der Waals surface area (Å²) < 4.78 is 50.1. The summed E-state index contributed by atoms with van der Waals surface area (Å²) in [4.78, 5) is 82.3. The number of nitrogens with zero attached hydrogens (tertiary/aromatic N) is 2. The Hall–Kier alpha value is -6.53. The number of amides is 3. The molecule has 70 heavy (non-hydrogen) atoms. The van der Waals surface area contributed by atoms with Crippen molar-refractivity contribution >= 4 is 46.4 Å². The quantitative estimate of drug-likeness (QED) is 0.0338. The van der Waals surface area contributed by atoms with Crippen LogP contribution in [-0.2, 0) is 93.6 Å². The minimum atomic E-state index is -1.98. The molecule has 1 unspecified atom stereocenters. The van der Waals surface area contributed by atoms with E-state index in [0.29, 0.717) is 101 Å². The molecule has 6 rings (SSSR count). The third kappa shape index (κ3) is 14.1. The highest BCUT2D eigenvalue weighted by molar-refractivity contribution is 5.95. The third-order valence-electron chi connectivity index (χ3n) is 11.2. The number of hydrogen-bond acceptors (Lipinski definition) is 18. The van der Waals surface area contributed by atoms with Crippen molar-refractivity contribution < 1.29 is 71.7 Å². The smallest absolute Gasteiger partial charge is 0.508 e. The number of nitrogens with one attached hydrogen (secondary N) is 3. The fraction of sp³-hybridized carbons (Fsp3) is 0.479. The van der Waals surface area contributed by atoms with E-state index in [9.17, 15) is 33.9 Å². The Labute approximate surface area is 403 Å². The molecule has 1 atom stereocenters. The average molecular weight is 977 g/mol. The predicted molar refractivity (Wildman–Crippen MR) is 250 cm³/mol. The lowest BCUT2D eigenvalue weighted by Gasteiger charge is -2.35. The van der Waals surface area contributed by atoms with Gasteiger partial charge in [-0.3, -0.25) is 19.2 Å². The number of cyclic esters (lactones) is 1. The lowest BCUT2D eigenvalue weighted by Crippen LogP contribution is -2.47. The van der Waals surface area contributed by atoms with Gasteiger partial charge in [0.05, 0.1) is 102 Å². The van der Waals surface area contributed by atoms with Gasteiger partial charge in [0.25, 0.3) is 5.56 Å². The zero-order chi connectivity index (χ0) is 49.9. The van der Waals surface area contributed by atoms with Crippen LogP contribution in [0.15, 0.2) is 53.3 Å². The normalized spacial score (nSPS) is 14.6. The maximum Gasteiger partial charge on any atom is 0.510 e. The molecule has 0 bridgehead atoms. The molecule has 4 aromatic rings. The summed E-state index contributed by atoms with van der Waals surface area (Å²) >= 11 is 0. The van der Waals surface area contributed by atoms with Crippen molar-refractivity contribution in [2.75, 3.05) is 104 Å². The summed E-state index contributed by atoms with van der Waals surface area (Å²) in [5.41, 5.74) is 7.64. The van der Waals surface area contributed by atoms with Crippen LogP contribution in [0.5, 0.6) is 5.75 Å². The van der Waals surface area contributed by atoms with E-state index in [1.165, 1.54) is 0 Å². The molecule has 2 aromatic carbocycles. The van der Waals surface area contributed by atoms with Gasteiger partial charge in [-0.1, -0.05) is 26.0 Å². The number of phenolic OH excluding ortho intramolecular Hbond substituents is 1. The van der Waals surface area contributed by atoms with Gasteiger partial charge in [-0.2, -0.15) is 0 Å². The molecule has 0 saturated carbocycles. The number of carbonyl (C=O) groups is 5. The van der Waals surface area contributed by atoms with Gasteiger partial charge in [-0.25, -0.2) is 14.6 Å². The SMILES string of the molecule is CCc1c2c(nc3ccc(O)cc13)-c1cc3c(c(=O)n1C2)COC(=O)C3(CC)OC(=O)OCc1ccc(NC(=O)CNC(=O)COCC(=O)NCCOCCOCCOCCOCCOCCN)cc1. The van der Waals surface area contributed by atoms with E-state index < -0.39 is 47.6 Å². The number of benzene rings is 2. The Kier molecular flexibility index (Phi) is 20.0. The number of fused-ring (bicyclic) bond motifs is 5. The first-order valence-electron chi connectivity index (χ1n) is 23.0. The summed E-state index contributed by atoms with van der Waals surface area (Å²) in [6.45, 7) is 6.98. The molecule has 22 heteroatoms. The second-order valence-corrected chi connectivity index (χ2v) is 15.9. The second kappa shape index (κ2) is 26.4. The van der Waals surface area contributed by atoms with E-state index in [1.54, 1.807) is 60.0 Å². The fourth-order valence-corrected chi connectivity index (χ4v) is 7.76. The molecular weight excluding hydrogens is 917 g/mol. The summed E-state index contributed by atoms with van der Waals surface area (Å²) in [5, 5.41) is 18.6. The van der Waals surface area contributed by atoms with E-state index in [-0.39, 0.29) is 69.4 Å². The van der Waals surface area contributed by atoms with Crippen LogP contribution in [0.3, 0.4) is 0 Å². The van der Waals surface area contributed by atoms with Gasteiger partial charge < -0.3 is 74.0 Å². The summed E-state index contributed by atoms with van der Waals surface area (Å²) in [6, 6.07) is 12.9. The predicted octanol–water partition coefficient (Wildman–Crippen LogP) is 1.94.